The van der Waals surface area contributed by atoms with Gasteiger partial charge in [0.2, 0.25) is 5.91 Å². The smallest absolute Gasteiger partial charge is 0.352 e. The van der Waals surface area contributed by atoms with E-state index in [1.807, 2.05) is 49.5 Å². The number of nitrogens with one attached hydrogen (secondary N) is 1. The predicted octanol–water partition coefficient (Wildman–Crippen LogP) is 1.52. The predicted molar refractivity (Wildman–Crippen MR) is 159 cm³/mol. The lowest BCUT2D eigenvalue weighted by atomic mass is 9.50. The molecule has 2 aromatic rings. The number of likely N-dealkylation sites (N-methyl/N-ethyl adjacent to an activating group) is 1. The third-order valence-corrected chi connectivity index (χ3v) is 9.68. The number of hydrogen-bond donors (Lipinski definition) is 3. The van der Waals surface area contributed by atoms with Crippen molar-refractivity contribution in [1.82, 2.24) is 10.2 Å². The highest BCUT2D eigenvalue weighted by molar-refractivity contribution is 5.83. The summed E-state index contributed by atoms with van der Waals surface area (Å²) in [5.41, 5.74) is 7.01. The number of piperidine rings is 1. The largest absolute Gasteiger partial charge is 0.493 e. The minimum atomic E-state index is -1.21. The average molecular weight is 606 g/mol. The summed E-state index contributed by atoms with van der Waals surface area (Å²) in [6, 6.07) is 12.4. The van der Waals surface area contributed by atoms with Crippen LogP contribution in [0.25, 0.3) is 0 Å². The number of nitrogens with zero attached hydrogens (tertiary/aromatic N) is 1. The lowest BCUT2D eigenvalue weighted by molar-refractivity contribution is -0.175. The van der Waals surface area contributed by atoms with E-state index in [0.29, 0.717) is 30.8 Å². The normalized spacial score (nSPS) is 27.6. The monoisotopic (exact) mass is 605 g/mol. The summed E-state index contributed by atoms with van der Waals surface area (Å²) < 4.78 is 23.3. The molecule has 4 N–H and O–H groups in total. The number of benzene rings is 2. The molecule has 1 saturated heterocycles. The van der Waals surface area contributed by atoms with Gasteiger partial charge in [0.15, 0.2) is 23.7 Å². The highest BCUT2D eigenvalue weighted by Crippen LogP contribution is 2.65. The first-order valence-electron chi connectivity index (χ1n) is 15.1. The van der Waals surface area contributed by atoms with E-state index in [1.165, 1.54) is 6.92 Å². The van der Waals surface area contributed by atoms with Gasteiger partial charge in [0.1, 0.15) is 5.76 Å². The molecule has 2 heterocycles. The summed E-state index contributed by atoms with van der Waals surface area (Å²) in [4.78, 5) is 40.2. The molecule has 2 aliphatic carbocycles. The van der Waals surface area contributed by atoms with Gasteiger partial charge in [-0.3, -0.25) is 9.59 Å². The van der Waals surface area contributed by atoms with E-state index in [0.717, 1.165) is 23.2 Å². The molecule has 44 heavy (non-hydrogen) atoms. The van der Waals surface area contributed by atoms with Crippen LogP contribution in [0.15, 0.2) is 54.3 Å². The van der Waals surface area contributed by atoms with Gasteiger partial charge < -0.3 is 40.0 Å². The molecule has 2 bridgehead atoms. The van der Waals surface area contributed by atoms with Crippen LogP contribution >= 0.6 is 0 Å². The molecule has 0 aromatic heterocycles. The fraction of sp³-hybridized carbons (Fsp3) is 0.485. The first kappa shape index (κ1) is 30.1. The van der Waals surface area contributed by atoms with E-state index in [-0.39, 0.29) is 37.1 Å². The quantitative estimate of drug-likeness (QED) is 0.340. The third-order valence-electron chi connectivity index (χ3n) is 9.68. The van der Waals surface area contributed by atoms with Crippen LogP contribution in [0, 0.1) is 0 Å². The molecular weight excluding hydrogens is 566 g/mol. The molecule has 0 radical (unpaired) electrons. The lowest BCUT2D eigenvalue weighted by Crippen LogP contribution is -2.74. The van der Waals surface area contributed by atoms with Crippen LogP contribution in [0.4, 0.5) is 0 Å². The molecule has 11 heteroatoms. The Balaban J connectivity index is 1.09. The molecule has 2 aliphatic heterocycles. The highest BCUT2D eigenvalue weighted by Gasteiger charge is 2.72. The van der Waals surface area contributed by atoms with Crippen LogP contribution in [0.5, 0.6) is 11.5 Å². The van der Waals surface area contributed by atoms with Gasteiger partial charge in [-0.05, 0) is 63.0 Å². The molecule has 4 aliphatic rings. The lowest BCUT2D eigenvalue weighted by Gasteiger charge is -2.61. The minimum Gasteiger partial charge on any atom is -0.493 e. The summed E-state index contributed by atoms with van der Waals surface area (Å²) in [6.45, 7) is 2.19. The summed E-state index contributed by atoms with van der Waals surface area (Å²) in [7, 11) is 3.60. The summed E-state index contributed by atoms with van der Waals surface area (Å²) in [6.07, 6.45) is 1.56. The van der Waals surface area contributed by atoms with Gasteiger partial charge in [0, 0.05) is 24.6 Å². The van der Waals surface area contributed by atoms with E-state index in [2.05, 4.69) is 10.2 Å². The number of esters is 2. The van der Waals surface area contributed by atoms with Crippen LogP contribution in [-0.2, 0) is 42.1 Å². The molecule has 1 amide bonds. The van der Waals surface area contributed by atoms with Crippen molar-refractivity contribution in [2.45, 2.75) is 74.3 Å². The Labute approximate surface area is 256 Å². The number of carbonyl (C=O) groups is 3. The van der Waals surface area contributed by atoms with Crippen LogP contribution in [0.3, 0.4) is 0 Å². The van der Waals surface area contributed by atoms with Crippen LogP contribution in [0.2, 0.25) is 0 Å². The first-order chi connectivity index (χ1) is 21.1. The first-order valence-corrected chi connectivity index (χ1v) is 15.1. The van der Waals surface area contributed by atoms with Crippen molar-refractivity contribution in [2.24, 2.45) is 5.73 Å². The maximum absolute atomic E-state index is 13.2. The maximum Gasteiger partial charge on any atom is 0.352 e. The van der Waals surface area contributed by atoms with Gasteiger partial charge in [-0.1, -0.05) is 36.4 Å². The molecule has 0 unspecified atom stereocenters. The Morgan fingerprint density at radius 1 is 1.20 bits per heavy atom. The van der Waals surface area contributed by atoms with E-state index in [9.17, 15) is 19.5 Å². The number of aliphatic hydroxyl groups is 1. The van der Waals surface area contributed by atoms with E-state index in [4.69, 9.17) is 24.7 Å². The standard InChI is InChI=1S/C33H39N3O8/c1-19(42-26(37)12-15-35-30(38)22(34)17-20-7-5-4-6-8-20)31(39)43-24-11-13-33(40)25-18-21-9-10-23(41-3)28-27(21)32(33,29(24)44-28)14-16-36(25)2/h4-11,19,22,25,29,40H,12-18,34H2,1-3H3,(H,35,38)/t19-,22-,25-,29-,32-,33+/m0/s1. The van der Waals surface area contributed by atoms with Gasteiger partial charge >= 0.3 is 11.9 Å². The second kappa shape index (κ2) is 11.5. The Kier molecular flexibility index (Phi) is 7.89. The van der Waals surface area contributed by atoms with Crippen molar-refractivity contribution >= 4 is 17.8 Å². The summed E-state index contributed by atoms with van der Waals surface area (Å²) in [5.74, 6) is -0.377. The SMILES string of the molecule is COc1ccc2c3c1O[C@H]1C(OC(=O)[C@H](C)OC(=O)CCNC(=O)[C@@H](N)Cc4ccccc4)=CC[C@@]4(O)[C@H](C2)N(C)CC[C@]314. The zero-order valence-corrected chi connectivity index (χ0v) is 25.2. The molecule has 1 spiro atoms. The summed E-state index contributed by atoms with van der Waals surface area (Å²) >= 11 is 0. The van der Waals surface area contributed by atoms with Gasteiger partial charge in [0.25, 0.3) is 0 Å². The summed E-state index contributed by atoms with van der Waals surface area (Å²) in [5, 5.41) is 14.9. The molecule has 2 aromatic carbocycles. The number of likely N-dealkylation sites (tertiary alicyclic amines) is 1. The maximum atomic E-state index is 13.2. The van der Waals surface area contributed by atoms with E-state index >= 15 is 0 Å². The van der Waals surface area contributed by atoms with Crippen molar-refractivity contribution in [1.29, 1.82) is 0 Å². The molecular formula is C33H39N3O8. The molecule has 0 saturated carbocycles. The number of rotatable bonds is 10. The number of amides is 1. The van der Waals surface area contributed by atoms with Crippen molar-refractivity contribution < 1.29 is 38.4 Å². The van der Waals surface area contributed by atoms with Crippen molar-refractivity contribution in [3.63, 3.8) is 0 Å². The third kappa shape index (κ3) is 4.83. The van der Waals surface area contributed by atoms with Crippen LogP contribution < -0.4 is 20.5 Å². The fourth-order valence-electron chi connectivity index (χ4n) is 7.47. The van der Waals surface area contributed by atoms with E-state index in [1.54, 1.807) is 13.2 Å². The number of carbonyl (C=O) groups excluding carboxylic acids is 3. The zero-order valence-electron chi connectivity index (χ0n) is 25.2. The number of ether oxygens (including phenoxy) is 4. The Morgan fingerprint density at radius 2 is 1.98 bits per heavy atom. The molecule has 1 fully saturated rings. The van der Waals surface area contributed by atoms with Crippen molar-refractivity contribution in [3.05, 3.63) is 71.0 Å². The van der Waals surface area contributed by atoms with Crippen molar-refractivity contribution in [2.75, 3.05) is 27.2 Å². The van der Waals surface area contributed by atoms with Gasteiger partial charge in [-0.2, -0.15) is 0 Å². The Bertz CT molecular complexity index is 1500. The average Bonchev–Trinajstić information content (AvgIpc) is 3.36. The molecule has 234 valence electrons. The van der Waals surface area contributed by atoms with Gasteiger partial charge in [0.05, 0.1) is 30.6 Å². The Morgan fingerprint density at radius 3 is 2.73 bits per heavy atom. The highest BCUT2D eigenvalue weighted by atomic mass is 16.6. The van der Waals surface area contributed by atoms with Gasteiger partial charge in [-0.15, -0.1) is 0 Å². The fourth-order valence-corrected chi connectivity index (χ4v) is 7.47. The second-order valence-electron chi connectivity index (χ2n) is 12.2. The topological polar surface area (TPSA) is 150 Å². The number of hydrogen-bond acceptors (Lipinski definition) is 10. The number of methoxy groups -OCH3 is 1. The van der Waals surface area contributed by atoms with Crippen molar-refractivity contribution in [3.8, 4) is 11.5 Å². The van der Waals surface area contributed by atoms with Crippen LogP contribution in [-0.4, -0.2) is 85.0 Å². The minimum absolute atomic E-state index is 0.0160. The number of nitrogens with two attached hydrogens (primary N) is 1. The molecule has 11 nitrogen and oxygen atoms in total. The van der Waals surface area contributed by atoms with Gasteiger partial charge in [-0.25, -0.2) is 4.79 Å². The van der Waals surface area contributed by atoms with Crippen LogP contribution in [0.1, 0.15) is 42.9 Å². The molecule has 6 atom stereocenters. The second-order valence-corrected chi connectivity index (χ2v) is 12.2. The van der Waals surface area contributed by atoms with E-state index < -0.39 is 41.2 Å². The Hall–Kier alpha value is -3.93. The zero-order chi connectivity index (χ0) is 31.2. The molecule has 6 rings (SSSR count).